The number of esters is 1. The lowest BCUT2D eigenvalue weighted by Crippen LogP contribution is -2.13. The number of rotatable bonds is 5. The summed E-state index contributed by atoms with van der Waals surface area (Å²) in [5, 5.41) is 2.34. The van der Waals surface area contributed by atoms with Crippen molar-refractivity contribution in [3.63, 3.8) is 0 Å². The summed E-state index contributed by atoms with van der Waals surface area (Å²) in [4.78, 5) is 11.1. The number of carbonyl (C=O) groups excluding carboxylic acids is 1. The van der Waals surface area contributed by atoms with Gasteiger partial charge in [0.2, 0.25) is 0 Å². The first-order valence-electron chi connectivity index (χ1n) is 5.63. The van der Waals surface area contributed by atoms with Crippen molar-refractivity contribution in [2.24, 2.45) is 0 Å². The van der Waals surface area contributed by atoms with Crippen molar-refractivity contribution in [1.82, 2.24) is 0 Å². The summed E-state index contributed by atoms with van der Waals surface area (Å²) >= 11 is 0. The number of hydrogen-bond donors (Lipinski definition) is 1. The highest BCUT2D eigenvalue weighted by Crippen LogP contribution is 2.23. The number of nitrogens with one attached hydrogen (secondary N) is 1. The summed E-state index contributed by atoms with van der Waals surface area (Å²) in [6.07, 6.45) is -5.59. The first-order chi connectivity index (χ1) is 9.26. The van der Waals surface area contributed by atoms with Crippen molar-refractivity contribution >= 4 is 11.7 Å². The van der Waals surface area contributed by atoms with Gasteiger partial charge in [-0.3, -0.25) is 0 Å². The molecule has 1 aromatic rings. The summed E-state index contributed by atoms with van der Waals surface area (Å²) in [7, 11) is 1.02. The van der Waals surface area contributed by atoms with Crippen LogP contribution in [0.3, 0.4) is 0 Å². The van der Waals surface area contributed by atoms with Crippen LogP contribution in [0.1, 0.15) is 23.2 Å². The van der Waals surface area contributed by atoms with Crippen molar-refractivity contribution in [3.8, 4) is 0 Å². The van der Waals surface area contributed by atoms with Crippen LogP contribution in [0.25, 0.3) is 0 Å². The zero-order valence-electron chi connectivity index (χ0n) is 10.5. The summed E-state index contributed by atoms with van der Waals surface area (Å²) in [5.74, 6) is -3.78. The van der Waals surface area contributed by atoms with Crippen molar-refractivity contribution in [2.45, 2.75) is 19.0 Å². The molecule has 0 aromatic heterocycles. The van der Waals surface area contributed by atoms with E-state index in [0.29, 0.717) is 0 Å². The van der Waals surface area contributed by atoms with Gasteiger partial charge in [-0.25, -0.2) is 13.6 Å². The first-order valence-corrected chi connectivity index (χ1v) is 5.63. The van der Waals surface area contributed by atoms with Gasteiger partial charge in [0.05, 0.1) is 18.4 Å². The molecule has 0 amide bonds. The minimum absolute atomic E-state index is 0.173. The lowest BCUT2D eigenvalue weighted by molar-refractivity contribution is -0.134. The highest BCUT2D eigenvalue weighted by atomic mass is 19.4. The van der Waals surface area contributed by atoms with Crippen LogP contribution >= 0.6 is 0 Å². The van der Waals surface area contributed by atoms with Gasteiger partial charge in [-0.1, -0.05) is 0 Å². The van der Waals surface area contributed by atoms with Gasteiger partial charge in [0.25, 0.3) is 0 Å². The summed E-state index contributed by atoms with van der Waals surface area (Å²) in [6.45, 7) is -0.173. The molecule has 0 aliphatic rings. The largest absolute Gasteiger partial charge is 0.465 e. The lowest BCUT2D eigenvalue weighted by atomic mass is 10.1. The van der Waals surface area contributed by atoms with Gasteiger partial charge in [0.15, 0.2) is 11.6 Å². The second-order valence-corrected chi connectivity index (χ2v) is 3.93. The van der Waals surface area contributed by atoms with Crippen LogP contribution in [0.4, 0.5) is 27.6 Å². The Morgan fingerprint density at radius 3 is 2.45 bits per heavy atom. The van der Waals surface area contributed by atoms with Crippen LogP contribution in [-0.2, 0) is 4.74 Å². The zero-order valence-corrected chi connectivity index (χ0v) is 10.5. The van der Waals surface area contributed by atoms with E-state index < -0.39 is 35.8 Å². The number of carbonyl (C=O) groups is 1. The molecule has 0 fully saturated rings. The Kier molecular flexibility index (Phi) is 5.29. The highest BCUT2D eigenvalue weighted by Gasteiger charge is 2.26. The van der Waals surface area contributed by atoms with Gasteiger partial charge in [0, 0.05) is 13.0 Å². The topological polar surface area (TPSA) is 38.3 Å². The molecule has 0 bridgehead atoms. The predicted octanol–water partition coefficient (Wildman–Crippen LogP) is 3.51. The molecule has 3 nitrogen and oxygen atoms in total. The van der Waals surface area contributed by atoms with Crippen molar-refractivity contribution in [2.75, 3.05) is 19.0 Å². The minimum atomic E-state index is -4.29. The molecule has 0 radical (unpaired) electrons. The molecular weight excluding hydrogens is 285 g/mol. The fourth-order valence-electron chi connectivity index (χ4n) is 1.47. The van der Waals surface area contributed by atoms with E-state index in [0.717, 1.165) is 19.2 Å². The smallest absolute Gasteiger partial charge is 0.389 e. The van der Waals surface area contributed by atoms with E-state index >= 15 is 0 Å². The Morgan fingerprint density at radius 2 is 1.90 bits per heavy atom. The SMILES string of the molecule is COC(=O)c1ccc(NCCCC(F)(F)F)c(F)c1F. The van der Waals surface area contributed by atoms with Crippen LogP contribution in [-0.4, -0.2) is 25.8 Å². The van der Waals surface area contributed by atoms with Crippen LogP contribution < -0.4 is 5.32 Å². The minimum Gasteiger partial charge on any atom is -0.465 e. The molecule has 0 unspecified atom stereocenters. The molecule has 0 saturated carbocycles. The summed E-state index contributed by atoms with van der Waals surface area (Å²) < 4.78 is 67.0. The van der Waals surface area contributed by atoms with Crippen molar-refractivity contribution in [3.05, 3.63) is 29.3 Å². The van der Waals surface area contributed by atoms with E-state index in [1.165, 1.54) is 0 Å². The van der Waals surface area contributed by atoms with Crippen LogP contribution in [0, 0.1) is 11.6 Å². The predicted molar refractivity (Wildman–Crippen MR) is 61.5 cm³/mol. The molecule has 1 rings (SSSR count). The van der Waals surface area contributed by atoms with Crippen molar-refractivity contribution < 1.29 is 31.5 Å². The second-order valence-electron chi connectivity index (χ2n) is 3.93. The number of hydrogen-bond acceptors (Lipinski definition) is 3. The van der Waals surface area contributed by atoms with Gasteiger partial charge in [-0.15, -0.1) is 0 Å². The molecule has 0 spiro atoms. The van der Waals surface area contributed by atoms with E-state index in [9.17, 15) is 26.7 Å². The maximum atomic E-state index is 13.6. The quantitative estimate of drug-likeness (QED) is 0.513. The average molecular weight is 297 g/mol. The highest BCUT2D eigenvalue weighted by molar-refractivity contribution is 5.90. The third-order valence-corrected chi connectivity index (χ3v) is 2.44. The van der Waals surface area contributed by atoms with E-state index in [-0.39, 0.29) is 18.7 Å². The van der Waals surface area contributed by atoms with E-state index in [1.54, 1.807) is 0 Å². The zero-order chi connectivity index (χ0) is 15.3. The van der Waals surface area contributed by atoms with Crippen LogP contribution in [0.5, 0.6) is 0 Å². The lowest BCUT2D eigenvalue weighted by Gasteiger charge is -2.10. The molecule has 1 aromatic carbocycles. The van der Waals surface area contributed by atoms with Crippen molar-refractivity contribution in [1.29, 1.82) is 0 Å². The molecule has 0 aliphatic carbocycles. The molecule has 20 heavy (non-hydrogen) atoms. The number of halogens is 5. The number of ether oxygens (including phenoxy) is 1. The Bertz CT molecular complexity index is 487. The molecule has 0 atom stereocenters. The van der Waals surface area contributed by atoms with Gasteiger partial charge in [0.1, 0.15) is 0 Å². The summed E-state index contributed by atoms with van der Waals surface area (Å²) in [5.41, 5.74) is -0.886. The molecule has 0 saturated heterocycles. The number of anilines is 1. The first kappa shape index (κ1) is 16.2. The maximum Gasteiger partial charge on any atom is 0.389 e. The molecule has 112 valence electrons. The molecule has 0 heterocycles. The molecule has 0 aliphatic heterocycles. The van der Waals surface area contributed by atoms with Gasteiger partial charge >= 0.3 is 12.1 Å². The molecule has 8 heteroatoms. The van der Waals surface area contributed by atoms with E-state index in [1.807, 2.05) is 0 Å². The Labute approximate surface area is 111 Å². The van der Waals surface area contributed by atoms with Gasteiger partial charge < -0.3 is 10.1 Å². The molecular formula is C12H12F5NO2. The number of alkyl halides is 3. The molecule has 1 N–H and O–H groups in total. The summed E-state index contributed by atoms with van der Waals surface area (Å²) in [6, 6.07) is 2.06. The third-order valence-electron chi connectivity index (χ3n) is 2.44. The Morgan fingerprint density at radius 1 is 1.25 bits per heavy atom. The monoisotopic (exact) mass is 297 g/mol. The average Bonchev–Trinajstić information content (AvgIpc) is 2.37. The fourth-order valence-corrected chi connectivity index (χ4v) is 1.47. The number of benzene rings is 1. The van der Waals surface area contributed by atoms with Gasteiger partial charge in [-0.2, -0.15) is 13.2 Å². The van der Waals surface area contributed by atoms with E-state index in [4.69, 9.17) is 0 Å². The number of methoxy groups -OCH3 is 1. The normalized spacial score (nSPS) is 11.3. The van der Waals surface area contributed by atoms with Gasteiger partial charge in [-0.05, 0) is 18.6 Å². The Hall–Kier alpha value is -1.86. The standard InChI is InChI=1S/C12H12F5NO2/c1-20-11(19)7-3-4-8(10(14)9(7)13)18-6-2-5-12(15,16)17/h3-4,18H,2,5-6H2,1H3. The Balaban J connectivity index is 2.69. The third kappa shape index (κ3) is 4.36. The fraction of sp³-hybridized carbons (Fsp3) is 0.417. The van der Waals surface area contributed by atoms with E-state index in [2.05, 4.69) is 10.1 Å². The van der Waals surface area contributed by atoms with Crippen LogP contribution in [0.2, 0.25) is 0 Å². The van der Waals surface area contributed by atoms with Crippen LogP contribution in [0.15, 0.2) is 12.1 Å². The maximum absolute atomic E-state index is 13.6. The second kappa shape index (κ2) is 6.53.